The predicted molar refractivity (Wildman–Crippen MR) is 263 cm³/mol. The number of allylic oxidation sites excluding steroid dienone is 2. The number of carbonyl (C=O) groups excluding carboxylic acids is 1. The molecule has 4 heterocycles. The van der Waals surface area contributed by atoms with Crippen LogP contribution in [0.25, 0.3) is 0 Å². The Balaban J connectivity index is 0.899. The minimum Gasteiger partial charge on any atom is -0.432 e. The van der Waals surface area contributed by atoms with Gasteiger partial charge in [-0.15, -0.1) is 0 Å². The molecule has 4 saturated heterocycles. The minimum absolute atomic E-state index is 0.0249. The third kappa shape index (κ3) is 9.80. The third-order valence-electron chi connectivity index (χ3n) is 21.5. The van der Waals surface area contributed by atoms with Gasteiger partial charge in [-0.2, -0.15) is 0 Å². The number of ether oxygens (including phenoxy) is 8. The molecule has 9 rings (SSSR count). The van der Waals surface area contributed by atoms with E-state index in [1.54, 1.807) is 0 Å². The van der Waals surface area contributed by atoms with Gasteiger partial charge in [0.1, 0.15) is 91.6 Å². The van der Waals surface area contributed by atoms with E-state index in [1.165, 1.54) is 12.5 Å². The van der Waals surface area contributed by atoms with Crippen molar-refractivity contribution >= 4 is 5.97 Å². The van der Waals surface area contributed by atoms with Gasteiger partial charge >= 0.3 is 5.97 Å². The normalized spacial score (nSPS) is 54.7. The molecule has 23 heteroatoms. The highest BCUT2D eigenvalue weighted by atomic mass is 16.8. The van der Waals surface area contributed by atoms with Crippen LogP contribution in [0.1, 0.15) is 113 Å². The van der Waals surface area contributed by atoms with Gasteiger partial charge in [-0.3, -0.25) is 4.79 Å². The zero-order chi connectivity index (χ0) is 56.3. The van der Waals surface area contributed by atoms with Gasteiger partial charge in [0.2, 0.25) is 6.29 Å². The molecule has 0 aromatic carbocycles. The summed E-state index contributed by atoms with van der Waals surface area (Å²) in [4.78, 5) is 15.1. The van der Waals surface area contributed by atoms with E-state index in [1.807, 2.05) is 6.92 Å². The lowest BCUT2D eigenvalue weighted by Crippen LogP contribution is -2.67. The lowest BCUT2D eigenvalue weighted by atomic mass is 9.33. The van der Waals surface area contributed by atoms with Crippen LogP contribution in [0.15, 0.2) is 11.6 Å². The summed E-state index contributed by atoms with van der Waals surface area (Å²) in [6, 6.07) is 0. The van der Waals surface area contributed by atoms with Crippen LogP contribution in [0.2, 0.25) is 0 Å². The Hall–Kier alpha value is -1.63. The van der Waals surface area contributed by atoms with Crippen molar-refractivity contribution in [2.45, 2.75) is 242 Å². The van der Waals surface area contributed by atoms with Gasteiger partial charge in [-0.05, 0) is 111 Å². The summed E-state index contributed by atoms with van der Waals surface area (Å²) >= 11 is 0. The highest BCUT2D eigenvalue weighted by Gasteiger charge is 2.71. The van der Waals surface area contributed by atoms with E-state index in [-0.39, 0.29) is 46.0 Å². The maximum atomic E-state index is 15.1. The largest absolute Gasteiger partial charge is 0.432 e. The van der Waals surface area contributed by atoms with Crippen molar-refractivity contribution in [3.63, 3.8) is 0 Å². The number of carbonyl (C=O) groups is 1. The lowest BCUT2D eigenvalue weighted by molar-refractivity contribution is -0.361. The Bertz CT molecular complexity index is 2110. The smallest absolute Gasteiger partial charge is 0.315 e. The maximum Gasteiger partial charge on any atom is 0.315 e. The number of aliphatic hydroxyl groups is 14. The minimum atomic E-state index is -1.89. The zero-order valence-electron chi connectivity index (χ0n) is 45.3. The zero-order valence-corrected chi connectivity index (χ0v) is 45.3. The molecule has 0 bridgehead atoms. The van der Waals surface area contributed by atoms with Crippen LogP contribution < -0.4 is 0 Å². The van der Waals surface area contributed by atoms with Gasteiger partial charge in [0.05, 0.1) is 44.1 Å². The van der Waals surface area contributed by atoms with Gasteiger partial charge in [0.25, 0.3) is 0 Å². The van der Waals surface area contributed by atoms with Crippen molar-refractivity contribution in [2.75, 3.05) is 26.4 Å². The monoisotopic (exact) mass is 1100 g/mol. The van der Waals surface area contributed by atoms with Crippen LogP contribution in [0.4, 0.5) is 0 Å². The highest BCUT2D eigenvalue weighted by molar-refractivity contribution is 5.79. The Morgan fingerprint density at radius 1 is 0.584 bits per heavy atom. The Morgan fingerprint density at radius 3 is 1.81 bits per heavy atom. The van der Waals surface area contributed by atoms with Crippen LogP contribution in [0.3, 0.4) is 0 Å². The molecule has 442 valence electrons. The Labute approximate surface area is 449 Å². The second-order valence-corrected chi connectivity index (χ2v) is 26.1. The van der Waals surface area contributed by atoms with E-state index in [2.05, 4.69) is 40.7 Å². The molecule has 23 nitrogen and oxygen atoms in total. The van der Waals surface area contributed by atoms with E-state index in [0.717, 1.165) is 19.3 Å². The molecule has 77 heavy (non-hydrogen) atoms. The molecular weight excluding hydrogens is 1020 g/mol. The molecular formula is C54H88O23. The van der Waals surface area contributed by atoms with Gasteiger partial charge in [0.15, 0.2) is 18.9 Å². The van der Waals surface area contributed by atoms with Crippen molar-refractivity contribution in [3.8, 4) is 0 Å². The first-order valence-corrected chi connectivity index (χ1v) is 27.9. The molecule has 9 aliphatic rings. The number of fused-ring (bicyclic) bond motifs is 7. The number of esters is 1. The second kappa shape index (κ2) is 21.8. The summed E-state index contributed by atoms with van der Waals surface area (Å²) in [5.74, 6) is -0.744. The van der Waals surface area contributed by atoms with Crippen molar-refractivity contribution < 1.29 is 114 Å². The molecule has 0 amide bonds. The SMILES string of the molecule is C[C@@H]1O[C@@H](O[C@H]2[C@H](O)[C@@H](O)[C@H](OC[C@H]3O[C@@H](OC(=O)[C@]45CCC(C)(C)C[C@H]4C4=CC[C@@H]6[C@@]7(C)CC[C@H](O[C@@H]8O[C@H](CO)[C@@H](O)[C@H](O)[C@H]8O)[C@](C)(CO)[C@@H]7CC[C@@]6(C)[C@]4(C)CC5)[C@H](O)[C@@H](O)[C@@H]3O)O[C@@H]2CO)[C@H](O)[C@H](O)[C@H]1O. The third-order valence-corrected chi connectivity index (χ3v) is 21.5. The number of hydrogen-bond acceptors (Lipinski definition) is 23. The molecule has 4 saturated carbocycles. The molecule has 0 spiro atoms. The summed E-state index contributed by atoms with van der Waals surface area (Å²) < 4.78 is 47.1. The molecule has 0 aromatic heterocycles. The van der Waals surface area contributed by atoms with Crippen LogP contribution in [0.5, 0.6) is 0 Å². The summed E-state index contributed by atoms with van der Waals surface area (Å²) in [5, 5.41) is 150. The fraction of sp³-hybridized carbons (Fsp3) is 0.944. The molecule has 5 aliphatic carbocycles. The molecule has 0 radical (unpaired) electrons. The molecule has 8 fully saturated rings. The number of hydrogen-bond donors (Lipinski definition) is 14. The first-order chi connectivity index (χ1) is 36.1. The fourth-order valence-electron chi connectivity index (χ4n) is 16.4. The summed E-state index contributed by atoms with van der Waals surface area (Å²) in [6.07, 6.45) is -23.6. The Kier molecular flexibility index (Phi) is 17.0. The van der Waals surface area contributed by atoms with Crippen LogP contribution in [-0.2, 0) is 42.7 Å². The Morgan fingerprint density at radius 2 is 1.16 bits per heavy atom. The van der Waals surface area contributed by atoms with Crippen LogP contribution in [-0.4, -0.2) is 233 Å². The topological polar surface area (TPSA) is 374 Å². The highest BCUT2D eigenvalue weighted by Crippen LogP contribution is 2.76. The maximum absolute atomic E-state index is 15.1. The van der Waals surface area contributed by atoms with Crippen molar-refractivity contribution in [3.05, 3.63) is 11.6 Å². The van der Waals surface area contributed by atoms with Gasteiger partial charge < -0.3 is 109 Å². The average Bonchev–Trinajstić information content (AvgIpc) is 3.53. The molecule has 0 aromatic rings. The van der Waals surface area contributed by atoms with E-state index < -0.39 is 166 Å². The van der Waals surface area contributed by atoms with Gasteiger partial charge in [-0.1, -0.05) is 53.2 Å². The average molecular weight is 1110 g/mol. The van der Waals surface area contributed by atoms with Gasteiger partial charge in [-0.25, -0.2) is 0 Å². The van der Waals surface area contributed by atoms with E-state index in [4.69, 9.17) is 37.9 Å². The molecule has 0 unspecified atom stereocenters. The number of aliphatic hydroxyl groups excluding tert-OH is 14. The van der Waals surface area contributed by atoms with Crippen molar-refractivity contribution in [1.82, 2.24) is 0 Å². The number of rotatable bonds is 12. The fourth-order valence-corrected chi connectivity index (χ4v) is 16.4. The van der Waals surface area contributed by atoms with Crippen molar-refractivity contribution in [2.24, 2.45) is 50.2 Å². The van der Waals surface area contributed by atoms with E-state index >= 15 is 4.79 Å². The first-order valence-electron chi connectivity index (χ1n) is 27.9. The van der Waals surface area contributed by atoms with Crippen LogP contribution >= 0.6 is 0 Å². The standard InChI is InChI=1S/C54H88O23/c1-23-32(58)35(61)39(65)45(71-23)76-43-27(20-56)73-44(42(68)38(43)64)70-21-28-34(60)37(63)41(67)47(74-28)77-48(69)54-16-14-49(2,3)18-25(54)24-8-9-30-50(4)12-11-31(75-46-40(66)36(62)33(59)26(19-55)72-46)51(5,22-57)29(50)10-13-53(30,7)52(24,6)15-17-54/h8,23,25-47,55-68H,9-22H2,1-7H3/t23-,25-,26+,27+,28+,29+,30+,31-,32-,33+,34+,35+,36-,37-,38+,39+,40+,41+,42+,43+,44+,45-,46-,47-,50-,51+,52+,53+,54-/m0/s1. The van der Waals surface area contributed by atoms with Gasteiger partial charge in [0, 0.05) is 5.41 Å². The quantitative estimate of drug-likeness (QED) is 0.0569. The molecule has 4 aliphatic heterocycles. The first kappa shape index (κ1) is 60.0. The summed E-state index contributed by atoms with van der Waals surface area (Å²) in [5.41, 5.74) is -1.70. The second-order valence-electron chi connectivity index (χ2n) is 26.1. The molecule has 29 atom stereocenters. The molecule has 14 N–H and O–H groups in total. The summed E-state index contributed by atoms with van der Waals surface area (Å²) in [7, 11) is 0. The van der Waals surface area contributed by atoms with E-state index in [0.29, 0.717) is 44.9 Å². The predicted octanol–water partition coefficient (Wildman–Crippen LogP) is -2.04. The van der Waals surface area contributed by atoms with E-state index in [9.17, 15) is 71.5 Å². The summed E-state index contributed by atoms with van der Waals surface area (Å²) in [6.45, 7) is 12.6. The van der Waals surface area contributed by atoms with Crippen molar-refractivity contribution in [1.29, 1.82) is 0 Å². The lowest BCUT2D eigenvalue weighted by Gasteiger charge is -2.71. The van der Waals surface area contributed by atoms with Crippen LogP contribution in [0, 0.1) is 50.2 Å².